The average Bonchev–Trinajstić information content (AvgIpc) is 2.97. The summed E-state index contributed by atoms with van der Waals surface area (Å²) in [6.45, 7) is 0. The molecule has 0 radical (unpaired) electrons. The number of carbonyl (C=O) groups is 1. The minimum atomic E-state index is -3.74. The summed E-state index contributed by atoms with van der Waals surface area (Å²) in [6.07, 6.45) is 1.33. The lowest BCUT2D eigenvalue weighted by Crippen LogP contribution is -2.28. The number of benzene rings is 1. The van der Waals surface area contributed by atoms with Gasteiger partial charge in [0.2, 0.25) is 15.9 Å². The average molecular weight is 240 g/mol. The lowest BCUT2D eigenvalue weighted by atomic mass is 9.95. The predicted molar refractivity (Wildman–Crippen MR) is 57.9 cm³/mol. The zero-order valence-electron chi connectivity index (χ0n) is 8.51. The van der Waals surface area contributed by atoms with Crippen LogP contribution in [0, 0.1) is 0 Å². The number of primary amides is 1. The quantitative estimate of drug-likeness (QED) is 0.767. The highest BCUT2D eigenvalue weighted by atomic mass is 32.2. The van der Waals surface area contributed by atoms with Gasteiger partial charge in [-0.2, -0.15) is 0 Å². The molecule has 16 heavy (non-hydrogen) atoms. The highest BCUT2D eigenvalue weighted by Crippen LogP contribution is 2.48. The summed E-state index contributed by atoms with van der Waals surface area (Å²) in [4.78, 5) is 11.3. The molecule has 0 heterocycles. The lowest BCUT2D eigenvalue weighted by molar-refractivity contribution is -0.120. The molecule has 1 amide bonds. The summed E-state index contributed by atoms with van der Waals surface area (Å²) >= 11 is 0. The van der Waals surface area contributed by atoms with Gasteiger partial charge in [0.1, 0.15) is 0 Å². The first-order valence-corrected chi connectivity index (χ1v) is 6.34. The topological polar surface area (TPSA) is 103 Å². The first kappa shape index (κ1) is 11.1. The Morgan fingerprint density at radius 1 is 1.31 bits per heavy atom. The maximum absolute atomic E-state index is 11.3. The van der Waals surface area contributed by atoms with Crippen molar-refractivity contribution in [2.45, 2.75) is 23.2 Å². The Balaban J connectivity index is 2.49. The Morgan fingerprint density at radius 3 is 2.38 bits per heavy atom. The van der Waals surface area contributed by atoms with E-state index in [0.717, 1.165) is 0 Å². The van der Waals surface area contributed by atoms with Crippen molar-refractivity contribution in [3.05, 3.63) is 29.8 Å². The molecule has 1 saturated carbocycles. The smallest absolute Gasteiger partial charge is 0.238 e. The van der Waals surface area contributed by atoms with Crippen LogP contribution in [-0.4, -0.2) is 14.3 Å². The van der Waals surface area contributed by atoms with Crippen LogP contribution >= 0.6 is 0 Å². The van der Waals surface area contributed by atoms with Crippen molar-refractivity contribution in [2.24, 2.45) is 10.9 Å². The Kier molecular flexibility index (Phi) is 2.28. The molecule has 1 aliphatic rings. The van der Waals surface area contributed by atoms with Crippen molar-refractivity contribution in [2.75, 3.05) is 0 Å². The van der Waals surface area contributed by atoms with Crippen molar-refractivity contribution >= 4 is 15.9 Å². The van der Waals surface area contributed by atoms with E-state index in [1.165, 1.54) is 12.1 Å². The van der Waals surface area contributed by atoms with Crippen LogP contribution in [0.5, 0.6) is 0 Å². The van der Waals surface area contributed by atoms with Gasteiger partial charge in [-0.3, -0.25) is 4.79 Å². The minimum absolute atomic E-state index is 0.0116. The third kappa shape index (κ3) is 1.70. The molecule has 0 saturated heterocycles. The first-order chi connectivity index (χ1) is 7.36. The summed E-state index contributed by atoms with van der Waals surface area (Å²) in [5, 5.41) is 5.02. The third-order valence-corrected chi connectivity index (χ3v) is 3.85. The molecule has 86 valence electrons. The number of nitrogens with two attached hydrogens (primary N) is 2. The molecule has 5 nitrogen and oxygen atoms in total. The molecule has 6 heteroatoms. The fraction of sp³-hybridized carbons (Fsp3) is 0.300. The van der Waals surface area contributed by atoms with Crippen LogP contribution in [0.1, 0.15) is 18.4 Å². The van der Waals surface area contributed by atoms with E-state index in [9.17, 15) is 13.2 Å². The van der Waals surface area contributed by atoms with Gasteiger partial charge in [-0.05, 0) is 30.5 Å². The van der Waals surface area contributed by atoms with Crippen LogP contribution in [0.3, 0.4) is 0 Å². The van der Waals surface area contributed by atoms with Gasteiger partial charge >= 0.3 is 0 Å². The molecule has 2 rings (SSSR count). The Bertz CT molecular complexity index is 547. The summed E-state index contributed by atoms with van der Waals surface area (Å²) in [5.74, 6) is -0.418. The standard InChI is InChI=1S/C10H12N2O3S/c11-9(13)10(4-5-10)7-2-1-3-8(6-7)16(12,14)15/h1-3,6H,4-5H2,(H2,11,13)(H2,12,14,15). The number of rotatable bonds is 3. The van der Waals surface area contributed by atoms with E-state index in [4.69, 9.17) is 10.9 Å². The predicted octanol–water partition coefficient (Wildman–Crippen LogP) is -0.149. The molecule has 0 spiro atoms. The molecule has 0 bridgehead atoms. The van der Waals surface area contributed by atoms with Gasteiger partial charge in [0.25, 0.3) is 0 Å². The Hall–Kier alpha value is -1.40. The van der Waals surface area contributed by atoms with Gasteiger partial charge in [0.05, 0.1) is 10.3 Å². The van der Waals surface area contributed by atoms with Crippen LogP contribution in [0.4, 0.5) is 0 Å². The largest absolute Gasteiger partial charge is 0.369 e. The molecular formula is C10H12N2O3S. The normalized spacial score (nSPS) is 18.1. The second-order valence-corrected chi connectivity index (χ2v) is 5.58. The van der Waals surface area contributed by atoms with Gasteiger partial charge in [0.15, 0.2) is 0 Å². The summed E-state index contributed by atoms with van der Waals surface area (Å²) in [5.41, 5.74) is 5.26. The Labute approximate surface area is 93.5 Å². The van der Waals surface area contributed by atoms with Crippen LogP contribution in [0.25, 0.3) is 0 Å². The molecule has 1 aromatic rings. The van der Waals surface area contributed by atoms with Crippen LogP contribution in [-0.2, 0) is 20.2 Å². The number of hydrogen-bond acceptors (Lipinski definition) is 3. The molecule has 4 N–H and O–H groups in total. The third-order valence-electron chi connectivity index (χ3n) is 2.94. The molecule has 1 aromatic carbocycles. The van der Waals surface area contributed by atoms with E-state index in [0.29, 0.717) is 18.4 Å². The fourth-order valence-corrected chi connectivity index (χ4v) is 2.33. The Morgan fingerprint density at radius 2 is 1.94 bits per heavy atom. The molecule has 1 aliphatic carbocycles. The van der Waals surface area contributed by atoms with E-state index >= 15 is 0 Å². The van der Waals surface area contributed by atoms with Gasteiger partial charge in [-0.15, -0.1) is 0 Å². The number of amides is 1. The molecule has 0 aromatic heterocycles. The van der Waals surface area contributed by atoms with E-state index < -0.39 is 21.3 Å². The molecule has 1 fully saturated rings. The van der Waals surface area contributed by atoms with Crippen LogP contribution < -0.4 is 10.9 Å². The summed E-state index contributed by atoms with van der Waals surface area (Å²) in [6, 6.07) is 6.09. The lowest BCUT2D eigenvalue weighted by Gasteiger charge is -2.11. The van der Waals surface area contributed by atoms with Crippen LogP contribution in [0.15, 0.2) is 29.2 Å². The molecule has 0 atom stereocenters. The van der Waals surface area contributed by atoms with Crippen molar-refractivity contribution in [1.82, 2.24) is 0 Å². The maximum atomic E-state index is 11.3. The van der Waals surface area contributed by atoms with Gasteiger partial charge in [-0.1, -0.05) is 12.1 Å². The summed E-state index contributed by atoms with van der Waals surface area (Å²) in [7, 11) is -3.74. The van der Waals surface area contributed by atoms with Crippen molar-refractivity contribution < 1.29 is 13.2 Å². The molecule has 0 aliphatic heterocycles. The van der Waals surface area contributed by atoms with Crippen molar-refractivity contribution in [3.8, 4) is 0 Å². The van der Waals surface area contributed by atoms with E-state index in [1.54, 1.807) is 12.1 Å². The second kappa shape index (κ2) is 3.29. The minimum Gasteiger partial charge on any atom is -0.369 e. The van der Waals surface area contributed by atoms with Gasteiger partial charge in [-0.25, -0.2) is 13.6 Å². The molecule has 0 unspecified atom stereocenters. The van der Waals surface area contributed by atoms with Crippen molar-refractivity contribution in [3.63, 3.8) is 0 Å². The number of carbonyl (C=O) groups excluding carboxylic acids is 1. The number of hydrogen-bond donors (Lipinski definition) is 2. The highest BCUT2D eigenvalue weighted by molar-refractivity contribution is 7.89. The monoisotopic (exact) mass is 240 g/mol. The fourth-order valence-electron chi connectivity index (χ4n) is 1.77. The van der Waals surface area contributed by atoms with Gasteiger partial charge < -0.3 is 5.73 Å². The van der Waals surface area contributed by atoms with E-state index in [1.807, 2.05) is 0 Å². The number of sulfonamides is 1. The van der Waals surface area contributed by atoms with E-state index in [-0.39, 0.29) is 4.90 Å². The zero-order valence-corrected chi connectivity index (χ0v) is 9.33. The zero-order chi connectivity index (χ0) is 12.0. The highest BCUT2D eigenvalue weighted by Gasteiger charge is 2.50. The number of primary sulfonamides is 1. The maximum Gasteiger partial charge on any atom is 0.238 e. The van der Waals surface area contributed by atoms with Gasteiger partial charge in [0, 0.05) is 0 Å². The SMILES string of the molecule is NC(=O)C1(c2cccc(S(N)(=O)=O)c2)CC1. The second-order valence-electron chi connectivity index (χ2n) is 4.02. The van der Waals surface area contributed by atoms with Crippen molar-refractivity contribution in [1.29, 1.82) is 0 Å². The van der Waals surface area contributed by atoms with E-state index in [2.05, 4.69) is 0 Å². The first-order valence-electron chi connectivity index (χ1n) is 4.79. The molecular weight excluding hydrogens is 228 g/mol. The summed E-state index contributed by atoms with van der Waals surface area (Å²) < 4.78 is 22.3. The van der Waals surface area contributed by atoms with Crippen LogP contribution in [0.2, 0.25) is 0 Å².